The largest absolute Gasteiger partial charge is 0.341 e. The Hall–Kier alpha value is -2.24. The fourth-order valence-electron chi connectivity index (χ4n) is 2.73. The number of carbonyl (C=O) groups is 3. The number of unbranched alkanes of at least 4 members (excludes halogenated alkanes) is 1. The van der Waals surface area contributed by atoms with Crippen LogP contribution in [0.1, 0.15) is 49.0 Å². The normalized spacial score (nSPS) is 15.7. The number of hydrogen-bond acceptors (Lipinski definition) is 4. The molecule has 1 aliphatic heterocycles. The molecule has 2 heterocycles. The third-order valence-corrected chi connectivity index (χ3v) is 3.98. The van der Waals surface area contributed by atoms with Gasteiger partial charge in [-0.2, -0.15) is 0 Å². The van der Waals surface area contributed by atoms with Gasteiger partial charge < -0.3 is 15.0 Å². The predicted molar refractivity (Wildman–Crippen MR) is 85.8 cm³/mol. The molecule has 1 aliphatic rings. The van der Waals surface area contributed by atoms with Crippen LogP contribution in [0.3, 0.4) is 0 Å². The van der Waals surface area contributed by atoms with Gasteiger partial charge in [-0.05, 0) is 44.2 Å². The minimum absolute atomic E-state index is 0.0557. The first-order valence-electron chi connectivity index (χ1n) is 8.16. The van der Waals surface area contributed by atoms with Gasteiger partial charge >= 0.3 is 0 Å². The Balaban J connectivity index is 2.01. The Morgan fingerprint density at radius 2 is 2.04 bits per heavy atom. The van der Waals surface area contributed by atoms with Crippen molar-refractivity contribution < 1.29 is 14.4 Å². The molecule has 1 aromatic heterocycles. The number of nitrogens with one attached hydrogen (secondary N) is 1. The predicted octanol–water partition coefficient (Wildman–Crippen LogP) is 1.56. The third-order valence-electron chi connectivity index (χ3n) is 3.98. The highest BCUT2D eigenvalue weighted by Crippen LogP contribution is 2.13. The second-order valence-electron chi connectivity index (χ2n) is 5.72. The molecule has 1 N–H and O–H groups in total. The first-order valence-corrected chi connectivity index (χ1v) is 8.16. The molecule has 1 saturated heterocycles. The maximum absolute atomic E-state index is 12.7. The van der Waals surface area contributed by atoms with E-state index < -0.39 is 6.04 Å². The van der Waals surface area contributed by atoms with Gasteiger partial charge in [0, 0.05) is 25.7 Å². The lowest BCUT2D eigenvalue weighted by Gasteiger charge is -2.30. The van der Waals surface area contributed by atoms with Crippen molar-refractivity contribution in [1.29, 1.82) is 0 Å². The molecule has 1 unspecified atom stereocenters. The molecule has 1 atom stereocenters. The maximum Gasteiger partial charge on any atom is 0.270 e. The number of hydrogen-bond donors (Lipinski definition) is 1. The first-order chi connectivity index (χ1) is 11.2. The van der Waals surface area contributed by atoms with E-state index in [9.17, 15) is 14.4 Å². The summed E-state index contributed by atoms with van der Waals surface area (Å²) in [4.78, 5) is 41.3. The number of aromatic nitrogens is 1. The van der Waals surface area contributed by atoms with Crippen molar-refractivity contribution in [3.8, 4) is 0 Å². The molecule has 0 saturated carbocycles. The number of carbonyl (C=O) groups excluding carboxylic acids is 3. The third kappa shape index (κ3) is 5.16. The zero-order chi connectivity index (χ0) is 16.5. The van der Waals surface area contributed by atoms with E-state index >= 15 is 0 Å². The van der Waals surface area contributed by atoms with Crippen LogP contribution in [-0.2, 0) is 9.59 Å². The Bertz CT molecular complexity index is 527. The van der Waals surface area contributed by atoms with Gasteiger partial charge in [0.15, 0.2) is 0 Å². The van der Waals surface area contributed by atoms with Crippen molar-refractivity contribution in [3.63, 3.8) is 0 Å². The molecule has 6 nitrogen and oxygen atoms in total. The molecule has 124 valence electrons. The summed E-state index contributed by atoms with van der Waals surface area (Å²) in [5.41, 5.74) is 0.291. The molecule has 2 amide bonds. The van der Waals surface area contributed by atoms with Gasteiger partial charge in [0.05, 0.1) is 0 Å². The number of likely N-dealkylation sites (tertiary alicyclic amines) is 1. The molecular weight excluding hydrogens is 294 g/mol. The Labute approximate surface area is 136 Å². The lowest BCUT2D eigenvalue weighted by atomic mass is 10.1. The van der Waals surface area contributed by atoms with Gasteiger partial charge in [0.25, 0.3) is 5.91 Å². The number of amides is 2. The number of nitrogens with zero attached hydrogens (tertiary/aromatic N) is 2. The summed E-state index contributed by atoms with van der Waals surface area (Å²) in [7, 11) is 0. The van der Waals surface area contributed by atoms with E-state index in [-0.39, 0.29) is 11.8 Å². The molecule has 23 heavy (non-hydrogen) atoms. The number of aldehydes is 1. The van der Waals surface area contributed by atoms with Crippen molar-refractivity contribution in [2.75, 3.05) is 13.1 Å². The van der Waals surface area contributed by atoms with E-state index in [0.717, 1.165) is 38.6 Å². The lowest BCUT2D eigenvalue weighted by Crippen LogP contribution is -2.50. The molecule has 0 bridgehead atoms. The van der Waals surface area contributed by atoms with Gasteiger partial charge in [-0.3, -0.25) is 14.6 Å². The van der Waals surface area contributed by atoms with Crippen LogP contribution in [0.4, 0.5) is 0 Å². The van der Waals surface area contributed by atoms with E-state index in [1.165, 1.54) is 0 Å². The first kappa shape index (κ1) is 17.1. The summed E-state index contributed by atoms with van der Waals surface area (Å²) in [6, 6.07) is 4.48. The second kappa shape index (κ2) is 9.02. The maximum atomic E-state index is 12.7. The van der Waals surface area contributed by atoms with Crippen LogP contribution in [0.2, 0.25) is 0 Å². The standard InChI is InChI=1S/C17H23N3O3/c21-13-7-3-9-15(17(23)20-11-5-1-6-12-20)19-16(22)14-8-2-4-10-18-14/h2,4,8,10,13,15H,1,3,5-7,9,11-12H2,(H,19,22). The lowest BCUT2D eigenvalue weighted by molar-refractivity contribution is -0.134. The van der Waals surface area contributed by atoms with Gasteiger partial charge in [-0.1, -0.05) is 6.07 Å². The SMILES string of the molecule is O=CCCCC(NC(=O)c1ccccn1)C(=O)N1CCCCC1. The van der Waals surface area contributed by atoms with Crippen LogP contribution in [-0.4, -0.2) is 47.1 Å². The fraction of sp³-hybridized carbons (Fsp3) is 0.529. The average Bonchev–Trinajstić information content (AvgIpc) is 2.62. The van der Waals surface area contributed by atoms with E-state index in [2.05, 4.69) is 10.3 Å². The molecule has 6 heteroatoms. The zero-order valence-electron chi connectivity index (χ0n) is 13.2. The second-order valence-corrected chi connectivity index (χ2v) is 5.72. The highest BCUT2D eigenvalue weighted by Gasteiger charge is 2.27. The van der Waals surface area contributed by atoms with Gasteiger partial charge in [0.2, 0.25) is 5.91 Å². The summed E-state index contributed by atoms with van der Waals surface area (Å²) >= 11 is 0. The van der Waals surface area contributed by atoms with Crippen LogP contribution >= 0.6 is 0 Å². The molecule has 0 aliphatic carbocycles. The highest BCUT2D eigenvalue weighted by atomic mass is 16.2. The van der Waals surface area contributed by atoms with Crippen LogP contribution in [0.25, 0.3) is 0 Å². The van der Waals surface area contributed by atoms with Crippen LogP contribution in [0.5, 0.6) is 0 Å². The van der Waals surface area contributed by atoms with Crippen molar-refractivity contribution in [1.82, 2.24) is 15.2 Å². The van der Waals surface area contributed by atoms with Crippen molar-refractivity contribution >= 4 is 18.1 Å². The molecule has 0 radical (unpaired) electrons. The molecule has 2 rings (SSSR count). The van der Waals surface area contributed by atoms with Crippen LogP contribution in [0, 0.1) is 0 Å². The quantitative estimate of drug-likeness (QED) is 0.611. The fourth-order valence-corrected chi connectivity index (χ4v) is 2.73. The van der Waals surface area contributed by atoms with E-state index in [1.807, 2.05) is 4.90 Å². The molecular formula is C17H23N3O3. The summed E-state index contributed by atoms with van der Waals surface area (Å²) < 4.78 is 0. The van der Waals surface area contributed by atoms with Crippen LogP contribution in [0.15, 0.2) is 24.4 Å². The Kier molecular flexibility index (Phi) is 6.72. The summed E-state index contributed by atoms with van der Waals surface area (Å²) in [5.74, 6) is -0.410. The van der Waals surface area contributed by atoms with E-state index in [1.54, 1.807) is 24.4 Å². The summed E-state index contributed by atoms with van der Waals surface area (Å²) in [5, 5.41) is 2.78. The molecule has 1 fully saturated rings. The number of piperidine rings is 1. The van der Waals surface area contributed by atoms with Gasteiger partial charge in [-0.15, -0.1) is 0 Å². The molecule has 0 spiro atoms. The highest BCUT2D eigenvalue weighted by molar-refractivity contribution is 5.96. The minimum atomic E-state index is -0.595. The average molecular weight is 317 g/mol. The van der Waals surface area contributed by atoms with Crippen molar-refractivity contribution in [2.45, 2.75) is 44.6 Å². The molecule has 1 aromatic rings. The van der Waals surface area contributed by atoms with Crippen LogP contribution < -0.4 is 5.32 Å². The Morgan fingerprint density at radius 3 is 2.70 bits per heavy atom. The Morgan fingerprint density at radius 1 is 1.26 bits per heavy atom. The van der Waals surface area contributed by atoms with Crippen molar-refractivity contribution in [3.05, 3.63) is 30.1 Å². The van der Waals surface area contributed by atoms with E-state index in [0.29, 0.717) is 25.0 Å². The number of pyridine rings is 1. The smallest absolute Gasteiger partial charge is 0.270 e. The summed E-state index contributed by atoms with van der Waals surface area (Å²) in [6.45, 7) is 1.48. The zero-order valence-corrected chi connectivity index (χ0v) is 13.2. The van der Waals surface area contributed by atoms with Gasteiger partial charge in [-0.25, -0.2) is 0 Å². The topological polar surface area (TPSA) is 79.4 Å². The van der Waals surface area contributed by atoms with Gasteiger partial charge in [0.1, 0.15) is 18.0 Å². The van der Waals surface area contributed by atoms with E-state index in [4.69, 9.17) is 0 Å². The van der Waals surface area contributed by atoms with Crippen molar-refractivity contribution in [2.24, 2.45) is 0 Å². The minimum Gasteiger partial charge on any atom is -0.341 e. The molecule has 0 aromatic carbocycles. The summed E-state index contributed by atoms with van der Waals surface area (Å²) in [6.07, 6.45) is 6.96. The monoisotopic (exact) mass is 317 g/mol. The number of rotatable bonds is 7.